The molecule has 1 aromatic heterocycles. The third-order valence-electron chi connectivity index (χ3n) is 1.77. The van der Waals surface area contributed by atoms with Crippen LogP contribution in [0.5, 0.6) is 0 Å². The lowest BCUT2D eigenvalue weighted by atomic mass is 10.2. The summed E-state index contributed by atoms with van der Waals surface area (Å²) in [5, 5.41) is 2.71. The van der Waals surface area contributed by atoms with Crippen LogP contribution in [0.4, 0.5) is 13.2 Å². The molecule has 0 aliphatic carbocycles. The first-order chi connectivity index (χ1) is 6.97. The van der Waals surface area contributed by atoms with Crippen molar-refractivity contribution in [3.05, 3.63) is 24.3 Å². The van der Waals surface area contributed by atoms with Crippen molar-refractivity contribution in [3.63, 3.8) is 0 Å². The average molecular weight is 219 g/mol. The second-order valence-electron chi connectivity index (χ2n) is 3.27. The molecule has 0 fully saturated rings. The predicted molar refractivity (Wildman–Crippen MR) is 49.0 cm³/mol. The third-order valence-corrected chi connectivity index (χ3v) is 1.77. The highest BCUT2D eigenvalue weighted by Gasteiger charge is 2.29. The third kappa shape index (κ3) is 5.31. The van der Waals surface area contributed by atoms with Gasteiger partial charge in [0.15, 0.2) is 0 Å². The van der Waals surface area contributed by atoms with Crippen molar-refractivity contribution < 1.29 is 13.2 Å². The van der Waals surface area contributed by atoms with Crippen LogP contribution in [0.15, 0.2) is 18.5 Å². The van der Waals surface area contributed by atoms with Gasteiger partial charge in [0.2, 0.25) is 0 Å². The molecule has 1 N–H and O–H groups in total. The highest BCUT2D eigenvalue weighted by atomic mass is 19.4. The molecular formula is C9H12F3N3. The van der Waals surface area contributed by atoms with Gasteiger partial charge >= 0.3 is 6.18 Å². The summed E-state index contributed by atoms with van der Waals surface area (Å²) in [7, 11) is 0. The van der Waals surface area contributed by atoms with Crippen LogP contribution in [-0.4, -0.2) is 22.2 Å². The molecule has 0 radical (unpaired) electrons. The van der Waals surface area contributed by atoms with Crippen molar-refractivity contribution in [2.45, 2.75) is 32.1 Å². The summed E-state index contributed by atoms with van der Waals surface area (Å²) in [6, 6.07) is 1.02. The van der Waals surface area contributed by atoms with E-state index in [0.717, 1.165) is 0 Å². The number of hydrogen-bond donors (Lipinski definition) is 1. The normalized spacial score (nSPS) is 13.9. The standard InChI is InChI=1S/C9H12F3N3/c1-7(5-9(10,11)12)15-6-8-13-3-2-4-14-8/h2-4,7,15H,5-6H2,1H3. The zero-order valence-corrected chi connectivity index (χ0v) is 8.25. The molecule has 15 heavy (non-hydrogen) atoms. The van der Waals surface area contributed by atoms with E-state index in [1.165, 1.54) is 6.92 Å². The molecule has 1 heterocycles. The zero-order chi connectivity index (χ0) is 11.3. The van der Waals surface area contributed by atoms with Gasteiger partial charge in [-0.15, -0.1) is 0 Å². The van der Waals surface area contributed by atoms with Crippen LogP contribution >= 0.6 is 0 Å². The Morgan fingerprint density at radius 1 is 1.33 bits per heavy atom. The molecule has 1 atom stereocenters. The molecule has 1 rings (SSSR count). The molecule has 0 bridgehead atoms. The molecule has 1 unspecified atom stereocenters. The largest absolute Gasteiger partial charge is 0.390 e. The Bertz CT molecular complexity index is 286. The van der Waals surface area contributed by atoms with Crippen molar-refractivity contribution in [2.75, 3.05) is 0 Å². The maximum Gasteiger partial charge on any atom is 0.390 e. The van der Waals surface area contributed by atoms with E-state index in [1.807, 2.05) is 0 Å². The summed E-state index contributed by atoms with van der Waals surface area (Å²) in [6.07, 6.45) is -1.87. The molecule has 0 saturated heterocycles. The number of nitrogens with one attached hydrogen (secondary N) is 1. The molecule has 0 saturated carbocycles. The van der Waals surface area contributed by atoms with Gasteiger partial charge in [-0.25, -0.2) is 9.97 Å². The van der Waals surface area contributed by atoms with Crippen LogP contribution in [0.2, 0.25) is 0 Å². The summed E-state index contributed by atoms with van der Waals surface area (Å²) in [6.45, 7) is 1.73. The van der Waals surface area contributed by atoms with Crippen LogP contribution in [0, 0.1) is 0 Å². The first kappa shape index (κ1) is 11.9. The van der Waals surface area contributed by atoms with E-state index in [9.17, 15) is 13.2 Å². The zero-order valence-electron chi connectivity index (χ0n) is 8.25. The van der Waals surface area contributed by atoms with E-state index in [4.69, 9.17) is 0 Å². The summed E-state index contributed by atoms with van der Waals surface area (Å²) in [5.74, 6) is 0.492. The fourth-order valence-corrected chi connectivity index (χ4v) is 1.11. The second kappa shape index (κ2) is 5.06. The minimum absolute atomic E-state index is 0.248. The average Bonchev–Trinajstić information content (AvgIpc) is 2.14. The number of aromatic nitrogens is 2. The molecule has 0 amide bonds. The Balaban J connectivity index is 2.32. The van der Waals surface area contributed by atoms with Gasteiger partial charge in [-0.3, -0.25) is 0 Å². The Morgan fingerprint density at radius 2 is 1.93 bits per heavy atom. The van der Waals surface area contributed by atoms with Crippen molar-refractivity contribution in [3.8, 4) is 0 Å². The highest BCUT2D eigenvalue weighted by molar-refractivity contribution is 4.88. The van der Waals surface area contributed by atoms with E-state index in [2.05, 4.69) is 15.3 Å². The second-order valence-corrected chi connectivity index (χ2v) is 3.27. The van der Waals surface area contributed by atoms with Crippen molar-refractivity contribution in [2.24, 2.45) is 0 Å². The quantitative estimate of drug-likeness (QED) is 0.840. The maximum atomic E-state index is 12.0. The van der Waals surface area contributed by atoms with Crippen LogP contribution in [-0.2, 0) is 6.54 Å². The SMILES string of the molecule is CC(CC(F)(F)F)NCc1ncccn1. The number of rotatable bonds is 4. The highest BCUT2D eigenvalue weighted by Crippen LogP contribution is 2.21. The molecule has 0 aromatic carbocycles. The molecule has 0 aliphatic heterocycles. The first-order valence-corrected chi connectivity index (χ1v) is 4.53. The van der Waals surface area contributed by atoms with Gasteiger partial charge in [0, 0.05) is 18.4 Å². The van der Waals surface area contributed by atoms with E-state index in [0.29, 0.717) is 5.82 Å². The monoisotopic (exact) mass is 219 g/mol. The van der Waals surface area contributed by atoms with Crippen molar-refractivity contribution in [1.82, 2.24) is 15.3 Å². The molecule has 0 aliphatic rings. The van der Waals surface area contributed by atoms with Crippen molar-refractivity contribution >= 4 is 0 Å². The van der Waals surface area contributed by atoms with Gasteiger partial charge in [-0.1, -0.05) is 0 Å². The minimum Gasteiger partial charge on any atom is -0.307 e. The lowest BCUT2D eigenvalue weighted by molar-refractivity contribution is -0.139. The Kier molecular flexibility index (Phi) is 4.02. The van der Waals surface area contributed by atoms with Gasteiger partial charge < -0.3 is 5.32 Å². The Labute approximate surface area is 85.7 Å². The lowest BCUT2D eigenvalue weighted by Crippen LogP contribution is -2.31. The molecule has 1 aromatic rings. The topological polar surface area (TPSA) is 37.8 Å². The summed E-state index contributed by atoms with van der Waals surface area (Å²) >= 11 is 0. The summed E-state index contributed by atoms with van der Waals surface area (Å²) in [5.41, 5.74) is 0. The van der Waals surface area contributed by atoms with Gasteiger partial charge in [-0.05, 0) is 13.0 Å². The van der Waals surface area contributed by atoms with Crippen LogP contribution in [0.3, 0.4) is 0 Å². The molecule has 0 spiro atoms. The van der Waals surface area contributed by atoms with Gasteiger partial charge in [0.1, 0.15) is 5.82 Å². The minimum atomic E-state index is -4.13. The number of halogens is 3. The van der Waals surface area contributed by atoms with E-state index < -0.39 is 18.6 Å². The Morgan fingerprint density at radius 3 is 2.47 bits per heavy atom. The molecule has 3 nitrogen and oxygen atoms in total. The van der Waals surface area contributed by atoms with Crippen molar-refractivity contribution in [1.29, 1.82) is 0 Å². The number of alkyl halides is 3. The fraction of sp³-hybridized carbons (Fsp3) is 0.556. The molecule has 84 valence electrons. The first-order valence-electron chi connectivity index (χ1n) is 4.53. The summed E-state index contributed by atoms with van der Waals surface area (Å²) < 4.78 is 35.9. The smallest absolute Gasteiger partial charge is 0.307 e. The van der Waals surface area contributed by atoms with Crippen LogP contribution < -0.4 is 5.32 Å². The summed E-state index contributed by atoms with van der Waals surface area (Å²) in [4.78, 5) is 7.78. The van der Waals surface area contributed by atoms with E-state index in [-0.39, 0.29) is 6.54 Å². The van der Waals surface area contributed by atoms with Gasteiger partial charge in [-0.2, -0.15) is 13.2 Å². The predicted octanol–water partition coefficient (Wildman–Crippen LogP) is 1.91. The van der Waals surface area contributed by atoms with E-state index >= 15 is 0 Å². The fourth-order valence-electron chi connectivity index (χ4n) is 1.11. The number of nitrogens with zero attached hydrogens (tertiary/aromatic N) is 2. The molecular weight excluding hydrogens is 207 g/mol. The Hall–Kier alpha value is -1.17. The van der Waals surface area contributed by atoms with Crippen LogP contribution in [0.25, 0.3) is 0 Å². The molecule has 6 heteroatoms. The van der Waals surface area contributed by atoms with Gasteiger partial charge in [0.25, 0.3) is 0 Å². The number of hydrogen-bond acceptors (Lipinski definition) is 3. The maximum absolute atomic E-state index is 12.0. The van der Waals surface area contributed by atoms with Gasteiger partial charge in [0.05, 0.1) is 13.0 Å². The van der Waals surface area contributed by atoms with Crippen LogP contribution in [0.1, 0.15) is 19.2 Å². The lowest BCUT2D eigenvalue weighted by Gasteiger charge is -2.14. The van der Waals surface area contributed by atoms with E-state index in [1.54, 1.807) is 18.5 Å².